The fourth-order valence-corrected chi connectivity index (χ4v) is 1.68. The minimum absolute atomic E-state index is 0.175. The van der Waals surface area contributed by atoms with Crippen molar-refractivity contribution in [2.24, 2.45) is 0 Å². The van der Waals surface area contributed by atoms with Gasteiger partial charge in [0.15, 0.2) is 5.69 Å². The summed E-state index contributed by atoms with van der Waals surface area (Å²) in [6.07, 6.45) is 2.80. The minimum atomic E-state index is -0.175. The van der Waals surface area contributed by atoms with Crippen LogP contribution in [0.25, 0.3) is 0 Å². The largest absolute Gasteiger partial charge is 0.321 e. The molecule has 1 aromatic heterocycles. The van der Waals surface area contributed by atoms with Crippen molar-refractivity contribution in [3.8, 4) is 0 Å². The Labute approximate surface area is 107 Å². The number of carbonyl (C=O) groups is 1. The van der Waals surface area contributed by atoms with Gasteiger partial charge in [-0.1, -0.05) is 19.1 Å². The highest BCUT2D eigenvalue weighted by Gasteiger charge is 2.09. The quantitative estimate of drug-likeness (QED) is 0.897. The molecule has 2 aromatic rings. The summed E-state index contributed by atoms with van der Waals surface area (Å²) in [5.41, 5.74) is 2.49. The van der Waals surface area contributed by atoms with Crippen LogP contribution in [-0.2, 0) is 13.0 Å². The van der Waals surface area contributed by atoms with Gasteiger partial charge in [-0.05, 0) is 37.1 Å². The van der Waals surface area contributed by atoms with E-state index in [-0.39, 0.29) is 5.91 Å². The lowest BCUT2D eigenvalue weighted by Crippen LogP contribution is -2.13. The van der Waals surface area contributed by atoms with E-state index in [2.05, 4.69) is 17.3 Å². The van der Waals surface area contributed by atoms with E-state index < -0.39 is 0 Å². The van der Waals surface area contributed by atoms with Gasteiger partial charge in [0.25, 0.3) is 5.91 Å². The van der Waals surface area contributed by atoms with Crippen molar-refractivity contribution < 1.29 is 4.79 Å². The highest BCUT2D eigenvalue weighted by atomic mass is 16.1. The van der Waals surface area contributed by atoms with E-state index in [4.69, 9.17) is 0 Å². The van der Waals surface area contributed by atoms with Crippen molar-refractivity contribution in [2.45, 2.75) is 26.8 Å². The summed E-state index contributed by atoms with van der Waals surface area (Å²) in [5.74, 6) is -0.175. The van der Waals surface area contributed by atoms with Gasteiger partial charge in [0.2, 0.25) is 0 Å². The molecular weight excluding hydrogens is 226 g/mol. The van der Waals surface area contributed by atoms with E-state index in [1.165, 1.54) is 5.56 Å². The summed E-state index contributed by atoms with van der Waals surface area (Å²) in [6, 6.07) is 9.57. The van der Waals surface area contributed by atoms with E-state index in [1.807, 2.05) is 31.2 Å². The van der Waals surface area contributed by atoms with Crippen LogP contribution in [-0.4, -0.2) is 15.7 Å². The molecule has 0 aliphatic rings. The third kappa shape index (κ3) is 2.77. The molecule has 1 N–H and O–H groups in total. The number of hydrogen-bond acceptors (Lipinski definition) is 2. The van der Waals surface area contributed by atoms with Crippen LogP contribution in [0.3, 0.4) is 0 Å². The molecule has 0 saturated carbocycles. The van der Waals surface area contributed by atoms with Crippen LogP contribution in [0.4, 0.5) is 5.69 Å². The fourth-order valence-electron chi connectivity index (χ4n) is 1.68. The smallest absolute Gasteiger partial charge is 0.276 e. The average molecular weight is 243 g/mol. The lowest BCUT2D eigenvalue weighted by Gasteiger charge is -2.04. The van der Waals surface area contributed by atoms with E-state index >= 15 is 0 Å². The number of hydrogen-bond donors (Lipinski definition) is 1. The molecular formula is C14H17N3O. The summed E-state index contributed by atoms with van der Waals surface area (Å²) >= 11 is 0. The molecule has 1 amide bonds. The minimum Gasteiger partial charge on any atom is -0.321 e. The van der Waals surface area contributed by atoms with Crippen LogP contribution in [0.5, 0.6) is 0 Å². The van der Waals surface area contributed by atoms with Crippen LogP contribution < -0.4 is 5.32 Å². The highest BCUT2D eigenvalue weighted by Crippen LogP contribution is 2.11. The van der Waals surface area contributed by atoms with Gasteiger partial charge in [0, 0.05) is 18.4 Å². The third-order valence-corrected chi connectivity index (χ3v) is 2.82. The molecule has 0 bridgehead atoms. The van der Waals surface area contributed by atoms with Crippen molar-refractivity contribution in [2.75, 3.05) is 5.32 Å². The summed E-state index contributed by atoms with van der Waals surface area (Å²) < 4.78 is 1.73. The number of nitrogens with zero attached hydrogens (tertiary/aromatic N) is 2. The fraction of sp³-hybridized carbons (Fsp3) is 0.286. The Morgan fingerprint density at radius 2 is 1.94 bits per heavy atom. The molecule has 0 saturated heterocycles. The van der Waals surface area contributed by atoms with Crippen LogP contribution >= 0.6 is 0 Å². The number of benzene rings is 1. The average Bonchev–Trinajstić information content (AvgIpc) is 2.88. The monoisotopic (exact) mass is 243 g/mol. The maximum absolute atomic E-state index is 11.9. The lowest BCUT2D eigenvalue weighted by atomic mass is 10.1. The first-order valence-electron chi connectivity index (χ1n) is 6.16. The molecule has 4 heteroatoms. The zero-order chi connectivity index (χ0) is 13.0. The standard InChI is InChI=1S/C14H17N3O/c1-3-11-5-7-12(8-6-11)15-14(18)13-9-10-17(4-2)16-13/h5-10H,3-4H2,1-2H3,(H,15,18). The topological polar surface area (TPSA) is 46.9 Å². The molecule has 18 heavy (non-hydrogen) atoms. The van der Waals surface area contributed by atoms with E-state index in [0.29, 0.717) is 5.69 Å². The van der Waals surface area contributed by atoms with Gasteiger partial charge < -0.3 is 5.32 Å². The van der Waals surface area contributed by atoms with Crippen molar-refractivity contribution >= 4 is 11.6 Å². The van der Waals surface area contributed by atoms with Crippen molar-refractivity contribution in [1.29, 1.82) is 0 Å². The number of anilines is 1. The molecule has 0 spiro atoms. The number of amides is 1. The van der Waals surface area contributed by atoms with Crippen molar-refractivity contribution in [3.63, 3.8) is 0 Å². The SMILES string of the molecule is CCc1ccc(NC(=O)c2ccn(CC)n2)cc1. The first-order chi connectivity index (χ1) is 8.72. The molecule has 0 aliphatic heterocycles. The zero-order valence-electron chi connectivity index (χ0n) is 10.7. The Balaban J connectivity index is 2.06. The Hall–Kier alpha value is -2.10. The molecule has 0 atom stereocenters. The van der Waals surface area contributed by atoms with Crippen molar-refractivity contribution in [1.82, 2.24) is 9.78 Å². The number of carbonyl (C=O) groups excluding carboxylic acids is 1. The number of nitrogens with one attached hydrogen (secondary N) is 1. The van der Waals surface area contributed by atoms with Crippen molar-refractivity contribution in [3.05, 3.63) is 47.8 Å². The Morgan fingerprint density at radius 1 is 1.22 bits per heavy atom. The van der Waals surface area contributed by atoms with Crippen LogP contribution in [0.1, 0.15) is 29.9 Å². The molecule has 0 radical (unpaired) electrons. The van der Waals surface area contributed by atoms with E-state index in [1.54, 1.807) is 16.9 Å². The second kappa shape index (κ2) is 5.49. The number of aryl methyl sites for hydroxylation is 2. The van der Waals surface area contributed by atoms with E-state index in [9.17, 15) is 4.79 Å². The van der Waals surface area contributed by atoms with Gasteiger partial charge in [-0.25, -0.2) is 0 Å². The van der Waals surface area contributed by atoms with Gasteiger partial charge in [0.05, 0.1) is 0 Å². The summed E-state index contributed by atoms with van der Waals surface area (Å²) in [5, 5.41) is 7.00. The molecule has 2 rings (SSSR count). The Kier molecular flexibility index (Phi) is 3.77. The molecule has 1 heterocycles. The van der Waals surface area contributed by atoms with Gasteiger partial charge in [-0.15, -0.1) is 0 Å². The molecule has 0 aliphatic carbocycles. The number of aromatic nitrogens is 2. The van der Waals surface area contributed by atoms with Crippen LogP contribution in [0.2, 0.25) is 0 Å². The second-order valence-corrected chi connectivity index (χ2v) is 4.06. The third-order valence-electron chi connectivity index (χ3n) is 2.82. The predicted molar refractivity (Wildman–Crippen MR) is 71.7 cm³/mol. The van der Waals surface area contributed by atoms with Gasteiger partial charge in [-0.2, -0.15) is 5.10 Å². The second-order valence-electron chi connectivity index (χ2n) is 4.06. The molecule has 94 valence electrons. The summed E-state index contributed by atoms with van der Waals surface area (Å²) in [6.45, 7) is 4.85. The summed E-state index contributed by atoms with van der Waals surface area (Å²) in [7, 11) is 0. The Bertz CT molecular complexity index is 528. The van der Waals surface area contributed by atoms with Gasteiger partial charge in [0.1, 0.15) is 0 Å². The molecule has 0 fully saturated rings. The maximum atomic E-state index is 11.9. The van der Waals surface area contributed by atoms with Gasteiger partial charge >= 0.3 is 0 Å². The predicted octanol–water partition coefficient (Wildman–Crippen LogP) is 2.72. The first kappa shape index (κ1) is 12.4. The zero-order valence-corrected chi connectivity index (χ0v) is 10.7. The van der Waals surface area contributed by atoms with Gasteiger partial charge in [-0.3, -0.25) is 9.48 Å². The highest BCUT2D eigenvalue weighted by molar-refractivity contribution is 6.02. The first-order valence-corrected chi connectivity index (χ1v) is 6.16. The van der Waals surface area contributed by atoms with Crippen LogP contribution in [0.15, 0.2) is 36.5 Å². The van der Waals surface area contributed by atoms with Crippen LogP contribution in [0, 0.1) is 0 Å². The normalized spacial score (nSPS) is 10.3. The number of rotatable bonds is 4. The lowest BCUT2D eigenvalue weighted by molar-refractivity contribution is 0.102. The maximum Gasteiger partial charge on any atom is 0.276 e. The molecule has 4 nitrogen and oxygen atoms in total. The molecule has 0 unspecified atom stereocenters. The van der Waals surface area contributed by atoms with E-state index in [0.717, 1.165) is 18.7 Å². The summed E-state index contributed by atoms with van der Waals surface area (Å²) in [4.78, 5) is 11.9. The Morgan fingerprint density at radius 3 is 2.50 bits per heavy atom. The molecule has 1 aromatic carbocycles.